The molecule has 0 aromatic carbocycles. The monoisotopic (exact) mass is 145 g/mol. The molecule has 0 N–H and O–H groups in total. The molecule has 0 saturated heterocycles. The normalized spacial score (nSPS) is 10.2. The first-order valence-corrected chi connectivity index (χ1v) is 3.62. The van der Waals surface area contributed by atoms with Crippen molar-refractivity contribution in [1.29, 1.82) is 0 Å². The van der Waals surface area contributed by atoms with E-state index in [1.165, 1.54) is 0 Å². The Morgan fingerprint density at radius 3 is 3.00 bits per heavy atom. The van der Waals surface area contributed by atoms with Gasteiger partial charge in [-0.2, -0.15) is 0 Å². The van der Waals surface area contributed by atoms with Gasteiger partial charge in [0.2, 0.25) is 0 Å². The van der Waals surface area contributed by atoms with E-state index in [2.05, 4.69) is 11.6 Å². The number of nitrogens with zero attached hydrogens (tertiary/aromatic N) is 1. The number of allylic oxidation sites excluding steroid dienone is 2. The van der Waals surface area contributed by atoms with Crippen LogP contribution < -0.4 is 0 Å². The molecule has 1 heterocycles. The van der Waals surface area contributed by atoms with E-state index < -0.39 is 0 Å². The Morgan fingerprint density at radius 2 is 2.36 bits per heavy atom. The summed E-state index contributed by atoms with van der Waals surface area (Å²) < 4.78 is 0. The van der Waals surface area contributed by atoms with Crippen LogP contribution in [0, 0.1) is 0 Å². The molecule has 1 aromatic heterocycles. The van der Waals surface area contributed by atoms with Gasteiger partial charge in [-0.1, -0.05) is 18.2 Å². The third-order valence-corrected chi connectivity index (χ3v) is 1.28. The molecular formula is C10H11N. The Labute approximate surface area is 67.1 Å². The summed E-state index contributed by atoms with van der Waals surface area (Å²) in [5.74, 6) is 0. The molecular weight excluding hydrogens is 134 g/mol. The molecule has 0 spiro atoms. The van der Waals surface area contributed by atoms with E-state index in [4.69, 9.17) is 0 Å². The summed E-state index contributed by atoms with van der Waals surface area (Å²) >= 11 is 0. The van der Waals surface area contributed by atoms with Crippen molar-refractivity contribution in [2.75, 3.05) is 0 Å². The highest BCUT2D eigenvalue weighted by atomic mass is 14.6. The first kappa shape index (κ1) is 7.73. The molecule has 56 valence electrons. The van der Waals surface area contributed by atoms with Crippen molar-refractivity contribution in [2.45, 2.75) is 6.42 Å². The molecule has 0 aliphatic carbocycles. The minimum Gasteiger partial charge on any atom is -0.257 e. The number of hydrogen-bond donors (Lipinski definition) is 0. The maximum Gasteiger partial charge on any atom is 0.0626 e. The smallest absolute Gasteiger partial charge is 0.0626 e. The van der Waals surface area contributed by atoms with Gasteiger partial charge in [-0.3, -0.25) is 4.98 Å². The summed E-state index contributed by atoms with van der Waals surface area (Å²) in [6, 6.07) is 5.85. The average molecular weight is 145 g/mol. The molecule has 0 radical (unpaired) electrons. The molecule has 0 saturated carbocycles. The van der Waals surface area contributed by atoms with Crippen LogP contribution in [0.4, 0.5) is 0 Å². The number of aromatic nitrogens is 1. The molecule has 0 unspecified atom stereocenters. The number of pyridine rings is 1. The molecule has 0 aliphatic heterocycles. The molecule has 1 aromatic rings. The molecule has 1 heteroatoms. The molecule has 11 heavy (non-hydrogen) atoms. The Balaban J connectivity index is 2.57. The Morgan fingerprint density at radius 1 is 1.45 bits per heavy atom. The highest BCUT2D eigenvalue weighted by Gasteiger charge is 1.81. The van der Waals surface area contributed by atoms with Gasteiger partial charge in [0.1, 0.15) is 0 Å². The van der Waals surface area contributed by atoms with Gasteiger partial charge in [0.15, 0.2) is 0 Å². The third kappa shape index (κ3) is 2.80. The standard InChI is InChI=1S/C10H11N/c1-2-3-4-7-10-8-5-6-9-11-10/h2,4-9H,1,3H2. The highest BCUT2D eigenvalue weighted by molar-refractivity contribution is 5.43. The summed E-state index contributed by atoms with van der Waals surface area (Å²) in [6.07, 6.45) is 8.57. The molecule has 1 nitrogen and oxygen atoms in total. The zero-order chi connectivity index (χ0) is 7.94. The Kier molecular flexibility index (Phi) is 3.13. The molecule has 1 rings (SSSR count). The number of hydrogen-bond acceptors (Lipinski definition) is 1. The minimum absolute atomic E-state index is 0.899. The summed E-state index contributed by atoms with van der Waals surface area (Å²) in [7, 11) is 0. The second kappa shape index (κ2) is 4.45. The average Bonchev–Trinajstić information content (AvgIpc) is 2.07. The topological polar surface area (TPSA) is 12.9 Å². The van der Waals surface area contributed by atoms with Crippen LogP contribution in [0.1, 0.15) is 12.1 Å². The van der Waals surface area contributed by atoms with E-state index in [0.29, 0.717) is 0 Å². The largest absolute Gasteiger partial charge is 0.257 e. The summed E-state index contributed by atoms with van der Waals surface area (Å²) in [6.45, 7) is 3.62. The van der Waals surface area contributed by atoms with Crippen LogP contribution in [0.15, 0.2) is 43.1 Å². The van der Waals surface area contributed by atoms with E-state index in [9.17, 15) is 0 Å². The van der Waals surface area contributed by atoms with Gasteiger partial charge in [-0.15, -0.1) is 6.58 Å². The number of rotatable bonds is 3. The first-order valence-electron chi connectivity index (χ1n) is 3.62. The van der Waals surface area contributed by atoms with Crippen molar-refractivity contribution in [3.05, 3.63) is 48.8 Å². The van der Waals surface area contributed by atoms with Gasteiger partial charge in [0.05, 0.1) is 5.69 Å². The summed E-state index contributed by atoms with van der Waals surface area (Å²) in [5, 5.41) is 0. The fraction of sp³-hybridized carbons (Fsp3) is 0.100. The Bertz CT molecular complexity index is 236. The van der Waals surface area contributed by atoms with Crippen molar-refractivity contribution in [3.63, 3.8) is 0 Å². The second-order valence-corrected chi connectivity index (χ2v) is 2.18. The van der Waals surface area contributed by atoms with Crippen LogP contribution in [-0.2, 0) is 0 Å². The zero-order valence-electron chi connectivity index (χ0n) is 6.40. The van der Waals surface area contributed by atoms with Crippen molar-refractivity contribution in [3.8, 4) is 0 Å². The fourth-order valence-electron chi connectivity index (χ4n) is 0.760. The quantitative estimate of drug-likeness (QED) is 0.596. The van der Waals surface area contributed by atoms with Gasteiger partial charge in [-0.25, -0.2) is 0 Å². The Hall–Kier alpha value is -1.37. The predicted octanol–water partition coefficient (Wildman–Crippen LogP) is 2.67. The zero-order valence-corrected chi connectivity index (χ0v) is 6.40. The van der Waals surface area contributed by atoms with Crippen molar-refractivity contribution < 1.29 is 0 Å². The van der Waals surface area contributed by atoms with Gasteiger partial charge in [0.25, 0.3) is 0 Å². The third-order valence-electron chi connectivity index (χ3n) is 1.28. The maximum atomic E-state index is 4.13. The SMILES string of the molecule is C=CCC=Cc1ccccn1. The molecule has 0 atom stereocenters. The first-order chi connectivity index (χ1) is 5.43. The van der Waals surface area contributed by atoms with Gasteiger partial charge >= 0.3 is 0 Å². The summed E-state index contributed by atoms with van der Waals surface area (Å²) in [4.78, 5) is 4.13. The van der Waals surface area contributed by atoms with E-state index >= 15 is 0 Å². The lowest BCUT2D eigenvalue weighted by Crippen LogP contribution is -1.75. The summed E-state index contributed by atoms with van der Waals surface area (Å²) in [5.41, 5.74) is 0.995. The maximum absolute atomic E-state index is 4.13. The van der Waals surface area contributed by atoms with Crippen LogP contribution in [0.5, 0.6) is 0 Å². The van der Waals surface area contributed by atoms with Gasteiger partial charge in [0, 0.05) is 6.20 Å². The molecule has 0 amide bonds. The van der Waals surface area contributed by atoms with Crippen LogP contribution in [0.2, 0.25) is 0 Å². The molecule has 0 bridgehead atoms. The van der Waals surface area contributed by atoms with E-state index in [-0.39, 0.29) is 0 Å². The minimum atomic E-state index is 0.899. The van der Waals surface area contributed by atoms with Crippen molar-refractivity contribution in [2.24, 2.45) is 0 Å². The van der Waals surface area contributed by atoms with E-state index in [0.717, 1.165) is 12.1 Å². The predicted molar refractivity (Wildman–Crippen MR) is 48.1 cm³/mol. The fourth-order valence-corrected chi connectivity index (χ4v) is 0.760. The van der Waals surface area contributed by atoms with Crippen LogP contribution in [0.3, 0.4) is 0 Å². The van der Waals surface area contributed by atoms with Gasteiger partial charge in [-0.05, 0) is 24.6 Å². The van der Waals surface area contributed by atoms with E-state index in [1.54, 1.807) is 6.20 Å². The lowest BCUT2D eigenvalue weighted by Gasteiger charge is -1.87. The van der Waals surface area contributed by atoms with Crippen LogP contribution >= 0.6 is 0 Å². The van der Waals surface area contributed by atoms with Gasteiger partial charge < -0.3 is 0 Å². The molecule has 0 aliphatic rings. The second-order valence-electron chi connectivity index (χ2n) is 2.18. The van der Waals surface area contributed by atoms with Crippen LogP contribution in [-0.4, -0.2) is 4.98 Å². The van der Waals surface area contributed by atoms with Crippen LogP contribution in [0.25, 0.3) is 6.08 Å². The highest BCUT2D eigenvalue weighted by Crippen LogP contribution is 1.97. The lowest BCUT2D eigenvalue weighted by atomic mass is 10.3. The van der Waals surface area contributed by atoms with E-state index in [1.807, 2.05) is 36.4 Å². The van der Waals surface area contributed by atoms with Crippen molar-refractivity contribution in [1.82, 2.24) is 4.98 Å². The lowest BCUT2D eigenvalue weighted by molar-refractivity contribution is 1.29. The molecule has 0 fully saturated rings. The van der Waals surface area contributed by atoms with Crippen molar-refractivity contribution >= 4 is 6.08 Å².